The van der Waals surface area contributed by atoms with Crippen molar-refractivity contribution in [2.45, 2.75) is 13.8 Å². The summed E-state index contributed by atoms with van der Waals surface area (Å²) in [4.78, 5) is 11.9. The maximum absolute atomic E-state index is 11.9. The summed E-state index contributed by atoms with van der Waals surface area (Å²) in [5.74, 6) is 0.461. The van der Waals surface area contributed by atoms with E-state index in [9.17, 15) is 4.79 Å². The van der Waals surface area contributed by atoms with Gasteiger partial charge < -0.3 is 15.8 Å². The number of para-hydroxylation sites is 1. The lowest BCUT2D eigenvalue weighted by atomic mass is 10.1. The summed E-state index contributed by atoms with van der Waals surface area (Å²) in [5.41, 5.74) is 8.72. The third-order valence-electron chi connectivity index (χ3n) is 3.04. The van der Waals surface area contributed by atoms with E-state index in [1.807, 2.05) is 32.0 Å². The number of aryl methyl sites for hydroxylation is 2. The molecular formula is C16H17ClN2O2. The number of ether oxygens (including phenoxy) is 1. The highest BCUT2D eigenvalue weighted by atomic mass is 35.5. The maximum atomic E-state index is 11.9. The molecule has 0 unspecified atom stereocenters. The topological polar surface area (TPSA) is 64.3 Å². The number of nitrogen functional groups attached to an aromatic ring is 1. The first kappa shape index (κ1) is 15.2. The number of nitrogens with two attached hydrogens (primary N) is 1. The van der Waals surface area contributed by atoms with Gasteiger partial charge in [-0.05, 0) is 43.2 Å². The number of nitrogens with one attached hydrogen (secondary N) is 1. The van der Waals surface area contributed by atoms with Crippen LogP contribution in [0.4, 0.5) is 11.4 Å². The van der Waals surface area contributed by atoms with Gasteiger partial charge in [-0.2, -0.15) is 0 Å². The largest absolute Gasteiger partial charge is 0.483 e. The molecule has 2 aromatic rings. The molecule has 0 saturated heterocycles. The first-order chi connectivity index (χ1) is 9.97. The van der Waals surface area contributed by atoms with Gasteiger partial charge in [-0.25, -0.2) is 0 Å². The van der Waals surface area contributed by atoms with Crippen molar-refractivity contribution in [2.24, 2.45) is 0 Å². The van der Waals surface area contributed by atoms with E-state index in [-0.39, 0.29) is 12.5 Å². The van der Waals surface area contributed by atoms with Gasteiger partial charge in [0.15, 0.2) is 6.61 Å². The fraction of sp³-hybridized carbons (Fsp3) is 0.188. The van der Waals surface area contributed by atoms with E-state index < -0.39 is 0 Å². The Morgan fingerprint density at radius 3 is 2.52 bits per heavy atom. The molecule has 21 heavy (non-hydrogen) atoms. The Hall–Kier alpha value is -2.20. The van der Waals surface area contributed by atoms with Gasteiger partial charge >= 0.3 is 0 Å². The van der Waals surface area contributed by atoms with E-state index in [1.165, 1.54) is 0 Å². The molecule has 0 saturated carbocycles. The summed E-state index contributed by atoms with van der Waals surface area (Å²) in [6, 6.07) is 10.7. The van der Waals surface area contributed by atoms with E-state index in [1.54, 1.807) is 18.2 Å². The Morgan fingerprint density at radius 2 is 1.90 bits per heavy atom. The monoisotopic (exact) mass is 304 g/mol. The molecule has 4 nitrogen and oxygen atoms in total. The highest BCUT2D eigenvalue weighted by molar-refractivity contribution is 6.31. The minimum absolute atomic E-state index is 0.0756. The molecule has 0 bridgehead atoms. The Kier molecular flexibility index (Phi) is 4.70. The Labute approximate surface area is 128 Å². The van der Waals surface area contributed by atoms with Gasteiger partial charge in [0.25, 0.3) is 5.91 Å². The molecule has 0 spiro atoms. The maximum Gasteiger partial charge on any atom is 0.262 e. The van der Waals surface area contributed by atoms with E-state index in [4.69, 9.17) is 22.1 Å². The van der Waals surface area contributed by atoms with E-state index in [0.29, 0.717) is 16.4 Å². The van der Waals surface area contributed by atoms with Crippen LogP contribution in [-0.4, -0.2) is 12.5 Å². The number of amides is 1. The zero-order chi connectivity index (χ0) is 15.4. The zero-order valence-corrected chi connectivity index (χ0v) is 12.7. The fourth-order valence-corrected chi connectivity index (χ4v) is 2.18. The highest BCUT2D eigenvalue weighted by Gasteiger charge is 2.09. The number of rotatable bonds is 4. The number of hydrogen-bond acceptors (Lipinski definition) is 3. The van der Waals surface area contributed by atoms with Crippen LogP contribution in [0, 0.1) is 13.8 Å². The normalized spacial score (nSPS) is 10.2. The minimum atomic E-state index is -0.272. The van der Waals surface area contributed by atoms with Crippen molar-refractivity contribution in [1.82, 2.24) is 0 Å². The van der Waals surface area contributed by atoms with Gasteiger partial charge in [0.1, 0.15) is 5.75 Å². The summed E-state index contributed by atoms with van der Waals surface area (Å²) in [6.45, 7) is 3.81. The van der Waals surface area contributed by atoms with Crippen LogP contribution in [0.25, 0.3) is 0 Å². The molecule has 3 N–H and O–H groups in total. The molecule has 2 rings (SSSR count). The van der Waals surface area contributed by atoms with Crippen molar-refractivity contribution in [1.29, 1.82) is 0 Å². The molecule has 110 valence electrons. The number of anilines is 2. The molecule has 0 radical (unpaired) electrons. The SMILES string of the molecule is Cc1cccc(C)c1OCC(=O)Nc1ccc(Cl)cc1N. The Morgan fingerprint density at radius 1 is 1.24 bits per heavy atom. The molecule has 0 atom stereocenters. The van der Waals surface area contributed by atoms with Gasteiger partial charge in [-0.15, -0.1) is 0 Å². The summed E-state index contributed by atoms with van der Waals surface area (Å²) in [7, 11) is 0. The van der Waals surface area contributed by atoms with Crippen LogP contribution in [0.1, 0.15) is 11.1 Å². The lowest BCUT2D eigenvalue weighted by Gasteiger charge is -2.12. The van der Waals surface area contributed by atoms with Crippen LogP contribution in [0.3, 0.4) is 0 Å². The molecule has 0 aliphatic heterocycles. The second-order valence-electron chi connectivity index (χ2n) is 4.79. The number of benzene rings is 2. The van der Waals surface area contributed by atoms with Crippen LogP contribution in [0.5, 0.6) is 5.75 Å². The number of carbonyl (C=O) groups excluding carboxylic acids is 1. The summed E-state index contributed by atoms with van der Waals surface area (Å²) in [6.07, 6.45) is 0. The van der Waals surface area contributed by atoms with Crippen LogP contribution in [0.2, 0.25) is 5.02 Å². The predicted molar refractivity (Wildman–Crippen MR) is 85.9 cm³/mol. The standard InChI is InChI=1S/C16H17ClN2O2/c1-10-4-3-5-11(2)16(10)21-9-15(20)19-14-7-6-12(17)8-13(14)18/h3-8H,9,18H2,1-2H3,(H,19,20). The van der Waals surface area contributed by atoms with Gasteiger partial charge in [0, 0.05) is 5.02 Å². The molecule has 2 aromatic carbocycles. The third-order valence-corrected chi connectivity index (χ3v) is 3.28. The third kappa shape index (κ3) is 3.89. The second kappa shape index (κ2) is 6.50. The van der Waals surface area contributed by atoms with Crippen molar-refractivity contribution in [2.75, 3.05) is 17.7 Å². The quantitative estimate of drug-likeness (QED) is 0.849. The van der Waals surface area contributed by atoms with Crippen molar-refractivity contribution < 1.29 is 9.53 Å². The molecule has 0 aliphatic carbocycles. The lowest BCUT2D eigenvalue weighted by molar-refractivity contribution is -0.118. The van der Waals surface area contributed by atoms with Crippen LogP contribution < -0.4 is 15.8 Å². The zero-order valence-electron chi connectivity index (χ0n) is 11.9. The van der Waals surface area contributed by atoms with Crippen LogP contribution in [0.15, 0.2) is 36.4 Å². The number of carbonyl (C=O) groups is 1. The molecule has 0 heterocycles. The summed E-state index contributed by atoms with van der Waals surface area (Å²) < 4.78 is 5.59. The summed E-state index contributed by atoms with van der Waals surface area (Å²) in [5, 5.41) is 3.22. The van der Waals surface area contributed by atoms with E-state index in [2.05, 4.69) is 5.32 Å². The average molecular weight is 305 g/mol. The Balaban J connectivity index is 1.99. The predicted octanol–water partition coefficient (Wildman–Crippen LogP) is 3.56. The molecule has 1 amide bonds. The van der Waals surface area contributed by atoms with Crippen LogP contribution in [-0.2, 0) is 4.79 Å². The minimum Gasteiger partial charge on any atom is -0.483 e. The Bertz CT molecular complexity index is 651. The molecule has 5 heteroatoms. The van der Waals surface area contributed by atoms with Gasteiger partial charge in [-0.3, -0.25) is 4.79 Å². The van der Waals surface area contributed by atoms with E-state index in [0.717, 1.165) is 16.9 Å². The van der Waals surface area contributed by atoms with Crippen molar-refractivity contribution in [3.63, 3.8) is 0 Å². The van der Waals surface area contributed by atoms with Crippen molar-refractivity contribution in [3.8, 4) is 5.75 Å². The van der Waals surface area contributed by atoms with Crippen LogP contribution >= 0.6 is 11.6 Å². The lowest BCUT2D eigenvalue weighted by Crippen LogP contribution is -2.21. The fourth-order valence-electron chi connectivity index (χ4n) is 2.00. The summed E-state index contributed by atoms with van der Waals surface area (Å²) >= 11 is 5.81. The molecule has 0 aromatic heterocycles. The highest BCUT2D eigenvalue weighted by Crippen LogP contribution is 2.24. The molecular weight excluding hydrogens is 288 g/mol. The van der Waals surface area contributed by atoms with Crippen molar-refractivity contribution >= 4 is 28.9 Å². The average Bonchev–Trinajstić information content (AvgIpc) is 2.41. The number of halogens is 1. The van der Waals surface area contributed by atoms with Gasteiger partial charge in [0.05, 0.1) is 11.4 Å². The van der Waals surface area contributed by atoms with Gasteiger partial charge in [-0.1, -0.05) is 29.8 Å². The van der Waals surface area contributed by atoms with Gasteiger partial charge in [0.2, 0.25) is 0 Å². The smallest absolute Gasteiger partial charge is 0.262 e. The molecule has 0 aliphatic rings. The molecule has 0 fully saturated rings. The van der Waals surface area contributed by atoms with Crippen molar-refractivity contribution in [3.05, 3.63) is 52.5 Å². The number of hydrogen-bond donors (Lipinski definition) is 2. The van der Waals surface area contributed by atoms with E-state index >= 15 is 0 Å². The first-order valence-electron chi connectivity index (χ1n) is 6.51. The second-order valence-corrected chi connectivity index (χ2v) is 5.23. The first-order valence-corrected chi connectivity index (χ1v) is 6.89.